The highest BCUT2D eigenvalue weighted by Crippen LogP contribution is 2.33. The molecule has 0 aliphatic rings. The SMILES string of the molecule is COc1cc(NC(=O)c2cc(C(F)(F)F)nnc2Oc2ccc(F)cc2Cl)ccn1. The van der Waals surface area contributed by atoms with Crippen LogP contribution in [0.3, 0.4) is 0 Å². The zero-order chi connectivity index (χ0) is 21.9. The molecule has 0 unspecified atom stereocenters. The van der Waals surface area contributed by atoms with Crippen LogP contribution in [0.4, 0.5) is 23.2 Å². The third kappa shape index (κ3) is 4.92. The summed E-state index contributed by atoms with van der Waals surface area (Å²) in [4.78, 5) is 16.5. The number of aromatic nitrogens is 3. The summed E-state index contributed by atoms with van der Waals surface area (Å²) in [6.07, 6.45) is -3.52. The van der Waals surface area contributed by atoms with E-state index in [9.17, 15) is 22.4 Å². The first kappa shape index (κ1) is 21.2. The number of amides is 1. The lowest BCUT2D eigenvalue weighted by Crippen LogP contribution is -2.18. The lowest BCUT2D eigenvalue weighted by molar-refractivity contribution is -0.141. The maximum absolute atomic E-state index is 13.2. The largest absolute Gasteiger partial charge is 0.481 e. The van der Waals surface area contributed by atoms with Crippen molar-refractivity contribution < 1.29 is 31.8 Å². The van der Waals surface area contributed by atoms with Crippen LogP contribution in [0.1, 0.15) is 16.1 Å². The number of methoxy groups -OCH3 is 1. The van der Waals surface area contributed by atoms with E-state index in [4.69, 9.17) is 21.1 Å². The molecule has 0 saturated carbocycles. The molecule has 1 amide bonds. The molecular weight excluding hydrogens is 432 g/mol. The lowest BCUT2D eigenvalue weighted by Gasteiger charge is -2.13. The lowest BCUT2D eigenvalue weighted by atomic mass is 10.2. The minimum atomic E-state index is -4.85. The number of carbonyl (C=O) groups is 1. The average molecular weight is 443 g/mol. The van der Waals surface area contributed by atoms with Gasteiger partial charge in [-0.25, -0.2) is 9.37 Å². The van der Waals surface area contributed by atoms with Crippen LogP contribution < -0.4 is 14.8 Å². The van der Waals surface area contributed by atoms with Gasteiger partial charge in [0.05, 0.1) is 12.1 Å². The second kappa shape index (κ2) is 8.49. The fourth-order valence-electron chi connectivity index (χ4n) is 2.22. The summed E-state index contributed by atoms with van der Waals surface area (Å²) in [6, 6.07) is 6.31. The average Bonchev–Trinajstić information content (AvgIpc) is 2.69. The summed E-state index contributed by atoms with van der Waals surface area (Å²) < 4.78 is 62.7. The Hall–Kier alpha value is -3.47. The standard InChI is InChI=1S/C18H11ClF4N4O3/c1-29-15-7-10(4-5-24-15)25-16(28)11-8-14(18(21,22)23)26-27-17(11)30-13-3-2-9(20)6-12(13)19/h2-8H,1H3,(H,24,25,28). The molecule has 3 aromatic rings. The van der Waals surface area contributed by atoms with Crippen LogP contribution >= 0.6 is 11.6 Å². The molecule has 0 bridgehead atoms. The Balaban J connectivity index is 1.99. The third-order valence-electron chi connectivity index (χ3n) is 3.60. The number of halogens is 5. The summed E-state index contributed by atoms with van der Waals surface area (Å²) >= 11 is 5.86. The van der Waals surface area contributed by atoms with Crippen molar-refractivity contribution in [3.8, 4) is 17.5 Å². The van der Waals surface area contributed by atoms with Crippen molar-refractivity contribution in [1.29, 1.82) is 0 Å². The number of benzene rings is 1. The van der Waals surface area contributed by atoms with E-state index in [1.54, 1.807) is 0 Å². The topological polar surface area (TPSA) is 86.2 Å². The van der Waals surface area contributed by atoms with Crippen LogP contribution in [0, 0.1) is 5.82 Å². The molecule has 12 heteroatoms. The summed E-state index contributed by atoms with van der Waals surface area (Å²) in [7, 11) is 1.36. The van der Waals surface area contributed by atoms with Gasteiger partial charge in [-0.3, -0.25) is 4.79 Å². The van der Waals surface area contributed by atoms with Crippen molar-refractivity contribution in [2.45, 2.75) is 6.18 Å². The highest BCUT2D eigenvalue weighted by atomic mass is 35.5. The molecule has 0 aliphatic heterocycles. The molecule has 2 aromatic heterocycles. The Labute approximate surface area is 171 Å². The number of nitrogens with one attached hydrogen (secondary N) is 1. The highest BCUT2D eigenvalue weighted by Gasteiger charge is 2.35. The van der Waals surface area contributed by atoms with Crippen molar-refractivity contribution in [3.63, 3.8) is 0 Å². The molecular formula is C18H11ClF4N4O3. The zero-order valence-corrected chi connectivity index (χ0v) is 15.8. The number of anilines is 1. The molecule has 2 heterocycles. The Morgan fingerprint density at radius 2 is 1.90 bits per heavy atom. The van der Waals surface area contributed by atoms with Gasteiger partial charge in [-0.05, 0) is 30.3 Å². The number of ether oxygens (including phenoxy) is 2. The predicted molar refractivity (Wildman–Crippen MR) is 97.3 cm³/mol. The highest BCUT2D eigenvalue weighted by molar-refractivity contribution is 6.32. The normalized spacial score (nSPS) is 11.1. The second-order valence-electron chi connectivity index (χ2n) is 5.66. The van der Waals surface area contributed by atoms with Gasteiger partial charge in [-0.15, -0.1) is 10.2 Å². The fraction of sp³-hybridized carbons (Fsp3) is 0.111. The predicted octanol–water partition coefficient (Wildman–Crippen LogP) is 4.74. The molecule has 7 nitrogen and oxygen atoms in total. The summed E-state index contributed by atoms with van der Waals surface area (Å²) in [5, 5.41) is 8.62. The summed E-state index contributed by atoms with van der Waals surface area (Å²) in [6.45, 7) is 0. The first-order chi connectivity index (χ1) is 14.2. The monoisotopic (exact) mass is 442 g/mol. The van der Waals surface area contributed by atoms with Gasteiger partial charge in [-0.1, -0.05) is 11.6 Å². The molecule has 156 valence electrons. The van der Waals surface area contributed by atoms with E-state index < -0.39 is 35.0 Å². The fourth-order valence-corrected chi connectivity index (χ4v) is 2.42. The van der Waals surface area contributed by atoms with Crippen molar-refractivity contribution in [2.24, 2.45) is 0 Å². The van der Waals surface area contributed by atoms with E-state index in [1.165, 1.54) is 25.4 Å². The molecule has 1 aromatic carbocycles. The Morgan fingerprint density at radius 1 is 1.13 bits per heavy atom. The molecule has 0 fully saturated rings. The van der Waals surface area contributed by atoms with Gasteiger partial charge in [0.1, 0.15) is 17.1 Å². The van der Waals surface area contributed by atoms with Gasteiger partial charge in [0.2, 0.25) is 5.88 Å². The van der Waals surface area contributed by atoms with Gasteiger partial charge in [0.15, 0.2) is 5.69 Å². The van der Waals surface area contributed by atoms with Crippen molar-refractivity contribution >= 4 is 23.2 Å². The Morgan fingerprint density at radius 3 is 2.57 bits per heavy atom. The number of rotatable bonds is 5. The van der Waals surface area contributed by atoms with Crippen molar-refractivity contribution in [1.82, 2.24) is 15.2 Å². The van der Waals surface area contributed by atoms with E-state index in [0.29, 0.717) is 6.07 Å². The van der Waals surface area contributed by atoms with E-state index in [2.05, 4.69) is 20.5 Å². The van der Waals surface area contributed by atoms with Crippen LogP contribution in [0.2, 0.25) is 5.02 Å². The third-order valence-corrected chi connectivity index (χ3v) is 3.89. The molecule has 0 atom stereocenters. The van der Waals surface area contributed by atoms with Gasteiger partial charge in [0, 0.05) is 18.0 Å². The molecule has 0 radical (unpaired) electrons. The number of hydrogen-bond donors (Lipinski definition) is 1. The van der Waals surface area contributed by atoms with Gasteiger partial charge in [0.25, 0.3) is 11.8 Å². The molecule has 0 spiro atoms. The minimum absolute atomic E-state index is 0.133. The smallest absolute Gasteiger partial charge is 0.435 e. The first-order valence-corrected chi connectivity index (χ1v) is 8.44. The quantitative estimate of drug-likeness (QED) is 0.575. The molecule has 0 aliphatic carbocycles. The summed E-state index contributed by atoms with van der Waals surface area (Å²) in [5.74, 6) is -2.15. The molecule has 30 heavy (non-hydrogen) atoms. The van der Waals surface area contributed by atoms with Crippen molar-refractivity contribution in [2.75, 3.05) is 12.4 Å². The number of hydrogen-bond acceptors (Lipinski definition) is 6. The van der Waals surface area contributed by atoms with Crippen LogP contribution in [0.15, 0.2) is 42.6 Å². The zero-order valence-electron chi connectivity index (χ0n) is 15.0. The minimum Gasteiger partial charge on any atom is -0.481 e. The van der Waals surface area contributed by atoms with E-state index >= 15 is 0 Å². The molecule has 3 rings (SSSR count). The van der Waals surface area contributed by atoms with Gasteiger partial charge >= 0.3 is 6.18 Å². The number of pyridine rings is 1. The number of nitrogens with zero attached hydrogens (tertiary/aromatic N) is 3. The van der Waals surface area contributed by atoms with Crippen LogP contribution in [-0.4, -0.2) is 28.2 Å². The van der Waals surface area contributed by atoms with Gasteiger partial charge in [-0.2, -0.15) is 13.2 Å². The van der Waals surface area contributed by atoms with Crippen molar-refractivity contribution in [3.05, 3.63) is 64.7 Å². The second-order valence-corrected chi connectivity index (χ2v) is 6.07. The van der Waals surface area contributed by atoms with E-state index in [1.807, 2.05) is 0 Å². The van der Waals surface area contributed by atoms with E-state index in [-0.39, 0.29) is 22.3 Å². The molecule has 0 saturated heterocycles. The Bertz CT molecular complexity index is 1100. The van der Waals surface area contributed by atoms with Crippen LogP contribution in [-0.2, 0) is 6.18 Å². The summed E-state index contributed by atoms with van der Waals surface area (Å²) in [5.41, 5.74) is -1.78. The van der Waals surface area contributed by atoms with E-state index in [0.717, 1.165) is 18.2 Å². The first-order valence-electron chi connectivity index (χ1n) is 8.06. The maximum atomic E-state index is 13.2. The Kier molecular flexibility index (Phi) is 6.01. The number of carbonyl (C=O) groups excluding carboxylic acids is 1. The van der Waals surface area contributed by atoms with Crippen LogP contribution in [0.25, 0.3) is 0 Å². The maximum Gasteiger partial charge on any atom is 0.435 e. The number of alkyl halides is 3. The van der Waals surface area contributed by atoms with Crippen LogP contribution in [0.5, 0.6) is 17.5 Å². The molecule has 1 N–H and O–H groups in total. The van der Waals surface area contributed by atoms with Gasteiger partial charge < -0.3 is 14.8 Å².